The molecule has 0 saturated carbocycles. The fraction of sp³-hybridized carbons (Fsp3) is 0.267. The first-order valence-electron chi connectivity index (χ1n) is 5.91. The van der Waals surface area contributed by atoms with E-state index in [1.807, 2.05) is 38.1 Å². The Hall–Kier alpha value is -1.12. The average Bonchev–Trinajstić information content (AvgIpc) is 2.30. The minimum absolute atomic E-state index is 0.138. The van der Waals surface area contributed by atoms with E-state index in [4.69, 9.17) is 11.6 Å². The van der Waals surface area contributed by atoms with Crippen LogP contribution in [-0.4, -0.2) is 4.87 Å². The molecular formula is C15H13ClOS. The number of hydrogen-bond acceptors (Lipinski definition) is 2. The van der Waals surface area contributed by atoms with Crippen molar-refractivity contribution in [2.24, 2.45) is 0 Å². The summed E-state index contributed by atoms with van der Waals surface area (Å²) in [5, 5.41) is 0.809. The Morgan fingerprint density at radius 3 is 2.83 bits per heavy atom. The quantitative estimate of drug-likeness (QED) is 0.659. The molecule has 92 valence electrons. The number of rotatable bonds is 0. The van der Waals surface area contributed by atoms with Gasteiger partial charge >= 0.3 is 0 Å². The summed E-state index contributed by atoms with van der Waals surface area (Å²) in [5.41, 5.74) is 2.12. The molecule has 0 spiro atoms. The molecule has 2 aromatic rings. The Morgan fingerprint density at radius 1 is 1.33 bits per heavy atom. The summed E-state index contributed by atoms with van der Waals surface area (Å²) < 4.78 is 1.05. The summed E-state index contributed by atoms with van der Waals surface area (Å²) in [6.45, 7) is 3.99. The SMILES string of the molecule is CC1=CC(C)(Cl)Cc2c1sc1ccccc1c2=O. The van der Waals surface area contributed by atoms with E-state index >= 15 is 0 Å². The predicted molar refractivity (Wildman–Crippen MR) is 79.7 cm³/mol. The van der Waals surface area contributed by atoms with Crippen LogP contribution < -0.4 is 5.43 Å². The molecule has 1 heterocycles. The van der Waals surface area contributed by atoms with E-state index in [0.29, 0.717) is 6.42 Å². The lowest BCUT2D eigenvalue weighted by Crippen LogP contribution is -2.26. The van der Waals surface area contributed by atoms with Crippen LogP contribution in [0.1, 0.15) is 24.3 Å². The van der Waals surface area contributed by atoms with Gasteiger partial charge in [0.2, 0.25) is 0 Å². The Labute approximate surface area is 115 Å². The summed E-state index contributed by atoms with van der Waals surface area (Å²) >= 11 is 8.09. The maximum Gasteiger partial charge on any atom is 0.191 e. The van der Waals surface area contributed by atoms with Crippen molar-refractivity contribution in [3.8, 4) is 0 Å². The molecule has 0 fully saturated rings. The van der Waals surface area contributed by atoms with E-state index in [0.717, 1.165) is 26.1 Å². The molecule has 1 atom stereocenters. The van der Waals surface area contributed by atoms with Crippen LogP contribution in [0.15, 0.2) is 35.1 Å². The van der Waals surface area contributed by atoms with Gasteiger partial charge in [0.05, 0.1) is 4.87 Å². The van der Waals surface area contributed by atoms with Gasteiger partial charge in [-0.2, -0.15) is 0 Å². The van der Waals surface area contributed by atoms with Crippen molar-refractivity contribution >= 4 is 38.6 Å². The summed E-state index contributed by atoms with van der Waals surface area (Å²) in [4.78, 5) is 13.2. The maximum absolute atomic E-state index is 12.5. The number of fused-ring (bicyclic) bond motifs is 2. The molecule has 0 N–H and O–H groups in total. The molecule has 0 saturated heterocycles. The van der Waals surface area contributed by atoms with E-state index in [1.165, 1.54) is 0 Å². The summed E-state index contributed by atoms with van der Waals surface area (Å²) in [5.74, 6) is 0. The van der Waals surface area contributed by atoms with Gasteiger partial charge in [0.25, 0.3) is 0 Å². The van der Waals surface area contributed by atoms with Crippen molar-refractivity contribution < 1.29 is 0 Å². The second kappa shape index (κ2) is 3.94. The number of allylic oxidation sites excluding steroid dienone is 2. The first-order chi connectivity index (χ1) is 8.48. The van der Waals surface area contributed by atoms with Gasteiger partial charge in [-0.3, -0.25) is 4.79 Å². The largest absolute Gasteiger partial charge is 0.289 e. The van der Waals surface area contributed by atoms with Gasteiger partial charge in [-0.1, -0.05) is 18.2 Å². The highest BCUT2D eigenvalue weighted by atomic mass is 35.5. The molecule has 0 aliphatic heterocycles. The normalized spacial score (nSPS) is 22.7. The van der Waals surface area contributed by atoms with E-state index < -0.39 is 4.87 Å². The highest BCUT2D eigenvalue weighted by molar-refractivity contribution is 7.19. The van der Waals surface area contributed by atoms with Gasteiger partial charge < -0.3 is 0 Å². The minimum Gasteiger partial charge on any atom is -0.289 e. The molecule has 0 radical (unpaired) electrons. The number of hydrogen-bond donors (Lipinski definition) is 0. The van der Waals surface area contributed by atoms with Crippen molar-refractivity contribution in [1.82, 2.24) is 0 Å². The molecule has 0 amide bonds. The predicted octanol–water partition coefficient (Wildman–Crippen LogP) is 4.22. The summed E-state index contributed by atoms with van der Waals surface area (Å²) in [7, 11) is 0. The summed E-state index contributed by atoms with van der Waals surface area (Å²) in [6.07, 6.45) is 2.67. The Bertz CT molecular complexity index is 725. The van der Waals surface area contributed by atoms with Crippen LogP contribution in [0, 0.1) is 0 Å². The first kappa shape index (κ1) is 11.9. The minimum atomic E-state index is -0.439. The van der Waals surface area contributed by atoms with Gasteiger partial charge in [0.1, 0.15) is 0 Å². The van der Waals surface area contributed by atoms with Crippen LogP contribution in [0.25, 0.3) is 15.7 Å². The summed E-state index contributed by atoms with van der Waals surface area (Å²) in [6, 6.07) is 7.78. The van der Waals surface area contributed by atoms with Crippen LogP contribution in [0.4, 0.5) is 0 Å². The molecule has 1 aliphatic rings. The molecular weight excluding hydrogens is 264 g/mol. The van der Waals surface area contributed by atoms with Crippen LogP contribution in [0.3, 0.4) is 0 Å². The molecule has 1 aromatic heterocycles. The standard InChI is InChI=1S/C15H13ClOS/c1-9-7-15(2,16)8-11-13(17)10-5-3-4-6-12(10)18-14(9)11/h3-7H,8H2,1-2H3. The maximum atomic E-state index is 12.5. The zero-order valence-corrected chi connectivity index (χ0v) is 11.9. The average molecular weight is 277 g/mol. The Balaban J connectivity index is 2.41. The number of benzene rings is 1. The van der Waals surface area contributed by atoms with Gasteiger partial charge in [-0.05, 0) is 31.6 Å². The molecule has 0 bridgehead atoms. The van der Waals surface area contributed by atoms with Crippen molar-refractivity contribution in [1.29, 1.82) is 0 Å². The second-order valence-electron chi connectivity index (χ2n) is 5.02. The first-order valence-corrected chi connectivity index (χ1v) is 7.11. The number of halogens is 1. The number of alkyl halides is 1. The monoisotopic (exact) mass is 276 g/mol. The third-order valence-electron chi connectivity index (χ3n) is 3.29. The van der Waals surface area contributed by atoms with E-state index in [1.54, 1.807) is 11.3 Å². The van der Waals surface area contributed by atoms with Crippen molar-refractivity contribution in [2.45, 2.75) is 25.1 Å². The van der Waals surface area contributed by atoms with Gasteiger partial charge in [-0.15, -0.1) is 22.9 Å². The smallest absolute Gasteiger partial charge is 0.191 e. The van der Waals surface area contributed by atoms with Crippen LogP contribution in [0.2, 0.25) is 0 Å². The molecule has 3 rings (SSSR count). The van der Waals surface area contributed by atoms with Gasteiger partial charge in [-0.25, -0.2) is 0 Å². The van der Waals surface area contributed by atoms with Crippen molar-refractivity contribution in [3.63, 3.8) is 0 Å². The lowest BCUT2D eigenvalue weighted by molar-refractivity contribution is 0.756. The third-order valence-corrected chi connectivity index (χ3v) is 4.88. The molecule has 1 unspecified atom stereocenters. The molecule has 18 heavy (non-hydrogen) atoms. The van der Waals surface area contributed by atoms with Crippen molar-refractivity contribution in [2.75, 3.05) is 0 Å². The van der Waals surface area contributed by atoms with Crippen LogP contribution in [0.5, 0.6) is 0 Å². The lowest BCUT2D eigenvalue weighted by Gasteiger charge is -2.25. The fourth-order valence-electron chi connectivity index (χ4n) is 2.57. The van der Waals surface area contributed by atoms with Crippen LogP contribution >= 0.6 is 22.9 Å². The highest BCUT2D eigenvalue weighted by Crippen LogP contribution is 2.37. The van der Waals surface area contributed by atoms with E-state index in [-0.39, 0.29) is 5.43 Å². The third kappa shape index (κ3) is 1.80. The molecule has 1 nitrogen and oxygen atoms in total. The van der Waals surface area contributed by atoms with Crippen molar-refractivity contribution in [3.05, 3.63) is 51.0 Å². The zero-order chi connectivity index (χ0) is 12.9. The molecule has 1 aromatic carbocycles. The molecule has 1 aliphatic carbocycles. The van der Waals surface area contributed by atoms with E-state index in [2.05, 4.69) is 6.08 Å². The Morgan fingerprint density at radius 2 is 2.06 bits per heavy atom. The van der Waals surface area contributed by atoms with E-state index in [9.17, 15) is 4.79 Å². The Kier molecular flexibility index (Phi) is 2.61. The van der Waals surface area contributed by atoms with Crippen LogP contribution in [-0.2, 0) is 6.42 Å². The lowest BCUT2D eigenvalue weighted by atomic mass is 9.90. The highest BCUT2D eigenvalue weighted by Gasteiger charge is 2.28. The van der Waals surface area contributed by atoms with Gasteiger partial charge in [0, 0.05) is 26.9 Å². The molecule has 3 heteroatoms. The fourth-order valence-corrected chi connectivity index (χ4v) is 4.02. The topological polar surface area (TPSA) is 17.1 Å². The second-order valence-corrected chi connectivity index (χ2v) is 6.93. The zero-order valence-electron chi connectivity index (χ0n) is 10.3. The van der Waals surface area contributed by atoms with Gasteiger partial charge in [0.15, 0.2) is 5.43 Å².